The molecule has 6 nitrogen and oxygen atoms in total. The van der Waals surface area contributed by atoms with Crippen molar-refractivity contribution in [2.45, 2.75) is 0 Å². The van der Waals surface area contributed by atoms with E-state index in [2.05, 4.69) is 0 Å². The summed E-state index contributed by atoms with van der Waals surface area (Å²) in [6.45, 7) is 0. The average molecular weight is 286 g/mol. The van der Waals surface area contributed by atoms with Crippen LogP contribution in [-0.2, 0) is 19.5 Å². The Morgan fingerprint density at radius 1 is 0.706 bits per heavy atom. The van der Waals surface area contributed by atoms with E-state index in [9.17, 15) is 20.6 Å². The van der Waals surface area contributed by atoms with Crippen LogP contribution in [0.25, 0.3) is 0 Å². The Kier molecular flexibility index (Phi) is 6.59. The second kappa shape index (κ2) is 7.41. The Hall–Kier alpha value is -1.88. The molecule has 0 fully saturated rings. The van der Waals surface area contributed by atoms with Crippen LogP contribution in [0.5, 0.6) is 11.8 Å². The minimum atomic E-state index is -0.521. The predicted octanol–water partition coefficient (Wildman–Crippen LogP) is -1.22. The topological polar surface area (TPSA) is 100 Å². The van der Waals surface area contributed by atoms with Crippen molar-refractivity contribution in [2.75, 3.05) is 0 Å². The van der Waals surface area contributed by atoms with E-state index >= 15 is 0 Å². The summed E-state index contributed by atoms with van der Waals surface area (Å²) in [5, 5.41) is 41.0. The molecule has 0 amide bonds. The smallest absolute Gasteiger partial charge is 0.822 e. The van der Waals surface area contributed by atoms with Gasteiger partial charge in [0.25, 0.3) is 0 Å². The fraction of sp³-hybridized carbons (Fsp3) is 0. The van der Waals surface area contributed by atoms with Crippen molar-refractivity contribution >= 4 is 0 Å². The summed E-state index contributed by atoms with van der Waals surface area (Å²) in [5.74, 6) is -1.04. The van der Waals surface area contributed by atoms with E-state index in [1.807, 2.05) is 0 Å². The summed E-state index contributed by atoms with van der Waals surface area (Å²) in [6, 6.07) is 8.50. The van der Waals surface area contributed by atoms with Gasteiger partial charge < -0.3 is 20.6 Å². The largest absolute Gasteiger partial charge is 2.00 e. The molecule has 0 unspecified atom stereocenters. The molecule has 2 rings (SSSR count). The third kappa shape index (κ3) is 5.13. The number of hydrogen-bond donors (Lipinski definition) is 0. The fourth-order valence-corrected chi connectivity index (χ4v) is 0.825. The zero-order valence-electron chi connectivity index (χ0n) is 8.85. The van der Waals surface area contributed by atoms with Gasteiger partial charge in [0, 0.05) is 12.1 Å². The van der Waals surface area contributed by atoms with Crippen molar-refractivity contribution in [3.8, 4) is 11.8 Å². The molecule has 84 valence electrons. The molecule has 0 N–H and O–H groups in total. The molecular weight excluding hydrogens is 278 g/mol. The SMILES string of the molecule is [O-]c1cccc[n+]1[O-].[O-]c1cccc[n+]1[O-].[Zn+2]. The maximum atomic E-state index is 10.3. The maximum Gasteiger partial charge on any atom is 2.00 e. The molecule has 0 saturated heterocycles. The molecule has 2 aromatic rings. The van der Waals surface area contributed by atoms with Crippen LogP contribution in [-0.4, -0.2) is 0 Å². The average Bonchev–Trinajstić information content (AvgIpc) is 2.28. The van der Waals surface area contributed by atoms with Crippen molar-refractivity contribution in [3.63, 3.8) is 0 Å². The molecule has 0 aromatic carbocycles. The van der Waals surface area contributed by atoms with Crippen LogP contribution in [0.15, 0.2) is 48.8 Å². The van der Waals surface area contributed by atoms with Crippen molar-refractivity contribution in [3.05, 3.63) is 59.2 Å². The van der Waals surface area contributed by atoms with Crippen molar-refractivity contribution in [1.29, 1.82) is 0 Å². The molecule has 0 aliphatic heterocycles. The third-order valence-corrected chi connectivity index (χ3v) is 1.58. The summed E-state index contributed by atoms with van der Waals surface area (Å²) in [4.78, 5) is 0. The van der Waals surface area contributed by atoms with Gasteiger partial charge in [-0.2, -0.15) is 9.46 Å². The van der Waals surface area contributed by atoms with E-state index in [1.165, 1.54) is 48.8 Å². The van der Waals surface area contributed by atoms with Gasteiger partial charge in [0.05, 0.1) is 0 Å². The van der Waals surface area contributed by atoms with Gasteiger partial charge in [-0.15, -0.1) is 0 Å². The van der Waals surface area contributed by atoms with Crippen molar-refractivity contribution in [2.24, 2.45) is 0 Å². The predicted molar refractivity (Wildman–Crippen MR) is 49.7 cm³/mol. The third-order valence-electron chi connectivity index (χ3n) is 1.58. The number of nitrogens with zero attached hydrogens (tertiary/aromatic N) is 2. The van der Waals surface area contributed by atoms with Crippen LogP contribution < -0.4 is 19.7 Å². The van der Waals surface area contributed by atoms with E-state index in [0.717, 1.165) is 0 Å². The Balaban J connectivity index is 0.000000284. The standard InChI is InChI=1S/2C5H5NO2.Zn/c2*7-5-3-1-2-4-6(5)8;/h2*1-4,7H;/q;;+2/p-2. The van der Waals surface area contributed by atoms with Gasteiger partial charge in [-0.1, -0.05) is 12.1 Å². The molecule has 0 atom stereocenters. The van der Waals surface area contributed by atoms with Crippen LogP contribution in [0.4, 0.5) is 0 Å². The van der Waals surface area contributed by atoms with Gasteiger partial charge in [-0.3, -0.25) is 0 Å². The molecule has 17 heavy (non-hydrogen) atoms. The Bertz CT molecular complexity index is 382. The first-order valence-electron chi connectivity index (χ1n) is 4.31. The molecule has 0 aliphatic rings. The second-order valence-electron chi connectivity index (χ2n) is 2.73. The molecule has 0 bridgehead atoms. The maximum absolute atomic E-state index is 10.3. The zero-order chi connectivity index (χ0) is 12.0. The molecule has 0 spiro atoms. The number of hydrogen-bond acceptors (Lipinski definition) is 4. The normalized spacial score (nSPS) is 8.47. The molecule has 2 heterocycles. The Morgan fingerprint density at radius 3 is 1.24 bits per heavy atom. The van der Waals surface area contributed by atoms with E-state index < -0.39 is 11.8 Å². The van der Waals surface area contributed by atoms with Gasteiger partial charge in [0.1, 0.15) is 0 Å². The van der Waals surface area contributed by atoms with Crippen LogP contribution in [0.1, 0.15) is 0 Å². The van der Waals surface area contributed by atoms with Crippen LogP contribution in [0.2, 0.25) is 0 Å². The van der Waals surface area contributed by atoms with Crippen LogP contribution in [0.3, 0.4) is 0 Å². The van der Waals surface area contributed by atoms with Crippen LogP contribution >= 0.6 is 0 Å². The number of rotatable bonds is 0. The first kappa shape index (κ1) is 15.1. The summed E-state index contributed by atoms with van der Waals surface area (Å²) in [7, 11) is 0. The van der Waals surface area contributed by atoms with Gasteiger partial charge in [-0.05, 0) is 12.1 Å². The first-order chi connectivity index (χ1) is 7.61. The van der Waals surface area contributed by atoms with E-state index in [0.29, 0.717) is 0 Å². The van der Waals surface area contributed by atoms with Crippen molar-refractivity contribution < 1.29 is 39.2 Å². The zero-order valence-corrected chi connectivity index (χ0v) is 11.8. The Morgan fingerprint density at radius 2 is 1.06 bits per heavy atom. The molecule has 2 aromatic heterocycles. The summed E-state index contributed by atoms with van der Waals surface area (Å²) in [5.41, 5.74) is 0. The monoisotopic (exact) mass is 284 g/mol. The van der Waals surface area contributed by atoms with E-state index in [4.69, 9.17) is 0 Å². The Labute approximate surface area is 110 Å². The van der Waals surface area contributed by atoms with E-state index in [-0.39, 0.29) is 28.9 Å². The molecular formula is C10H8N2O4Zn. The van der Waals surface area contributed by atoms with Crippen molar-refractivity contribution in [1.82, 2.24) is 0 Å². The van der Waals surface area contributed by atoms with E-state index in [1.54, 1.807) is 0 Å². The minimum absolute atomic E-state index is 0. The van der Waals surface area contributed by atoms with Crippen LogP contribution in [0, 0.1) is 10.4 Å². The molecule has 7 heteroatoms. The second-order valence-corrected chi connectivity index (χ2v) is 2.73. The summed E-state index contributed by atoms with van der Waals surface area (Å²) < 4.78 is 0.556. The summed E-state index contributed by atoms with van der Waals surface area (Å²) >= 11 is 0. The number of aromatic nitrogens is 2. The van der Waals surface area contributed by atoms with Gasteiger partial charge in [-0.25, -0.2) is 0 Å². The molecule has 0 radical (unpaired) electrons. The summed E-state index contributed by atoms with van der Waals surface area (Å²) in [6.07, 6.45) is 2.34. The quantitative estimate of drug-likeness (QED) is 0.344. The van der Waals surface area contributed by atoms with Gasteiger partial charge in [0.15, 0.2) is 24.2 Å². The first-order valence-corrected chi connectivity index (χ1v) is 4.31. The minimum Gasteiger partial charge on any atom is -0.822 e. The van der Waals surface area contributed by atoms with Gasteiger partial charge >= 0.3 is 19.5 Å². The molecule has 0 aliphatic carbocycles. The van der Waals surface area contributed by atoms with Gasteiger partial charge in [0.2, 0.25) is 0 Å². The fourth-order valence-electron chi connectivity index (χ4n) is 0.825. The molecule has 0 saturated carbocycles. The number of pyridine rings is 2.